The van der Waals surface area contributed by atoms with Gasteiger partial charge >= 0.3 is 18.0 Å². The number of carboxylic acids is 1. The summed E-state index contributed by atoms with van der Waals surface area (Å²) >= 11 is 0. The first-order valence-corrected chi connectivity index (χ1v) is 6.23. The molecule has 20 heavy (non-hydrogen) atoms. The minimum absolute atomic E-state index is 0.0635. The van der Waals surface area contributed by atoms with Gasteiger partial charge in [0.05, 0.1) is 13.0 Å². The van der Waals surface area contributed by atoms with Crippen LogP contribution in [0.3, 0.4) is 0 Å². The molecule has 0 aliphatic carbocycles. The monoisotopic (exact) mass is 287 g/mol. The summed E-state index contributed by atoms with van der Waals surface area (Å²) in [6, 6.07) is 0. The van der Waals surface area contributed by atoms with E-state index in [1.54, 1.807) is 6.92 Å². The first-order valence-electron chi connectivity index (χ1n) is 6.23. The number of likely N-dealkylation sites (tertiary alicyclic amines) is 1. The Labute approximate surface area is 115 Å². The van der Waals surface area contributed by atoms with Crippen LogP contribution in [-0.4, -0.2) is 58.6 Å². The largest absolute Gasteiger partial charge is 0.480 e. The summed E-state index contributed by atoms with van der Waals surface area (Å²) in [6.07, 6.45) is -2.23. The Morgan fingerprint density at radius 1 is 1.30 bits per heavy atom. The van der Waals surface area contributed by atoms with Crippen molar-refractivity contribution in [3.05, 3.63) is 0 Å². The molecular formula is C12H17NO7. The molecule has 1 heterocycles. The van der Waals surface area contributed by atoms with Crippen LogP contribution in [0.1, 0.15) is 26.2 Å². The molecule has 1 aliphatic heterocycles. The third-order valence-corrected chi connectivity index (χ3v) is 3.38. The van der Waals surface area contributed by atoms with Gasteiger partial charge in [0.2, 0.25) is 0 Å². The van der Waals surface area contributed by atoms with Crippen LogP contribution < -0.4 is 0 Å². The minimum atomic E-state index is -1.89. The van der Waals surface area contributed by atoms with Crippen LogP contribution in [0.5, 0.6) is 0 Å². The van der Waals surface area contributed by atoms with Gasteiger partial charge in [0.1, 0.15) is 5.41 Å². The van der Waals surface area contributed by atoms with Gasteiger partial charge < -0.3 is 19.8 Å². The molecule has 1 saturated heterocycles. The molecule has 0 bridgehead atoms. The quantitative estimate of drug-likeness (QED) is 0.565. The van der Waals surface area contributed by atoms with E-state index >= 15 is 0 Å². The van der Waals surface area contributed by atoms with Gasteiger partial charge in [0.25, 0.3) is 0 Å². The van der Waals surface area contributed by atoms with Gasteiger partial charge in [-0.25, -0.2) is 4.79 Å². The van der Waals surface area contributed by atoms with E-state index in [4.69, 9.17) is 9.84 Å². The fourth-order valence-corrected chi connectivity index (χ4v) is 2.19. The van der Waals surface area contributed by atoms with Crippen molar-refractivity contribution in [1.82, 2.24) is 4.90 Å². The molecule has 8 heteroatoms. The van der Waals surface area contributed by atoms with Crippen molar-refractivity contribution in [3.63, 3.8) is 0 Å². The molecule has 2 N–H and O–H groups in total. The lowest BCUT2D eigenvalue weighted by Gasteiger charge is -2.25. The van der Waals surface area contributed by atoms with E-state index in [0.29, 0.717) is 0 Å². The van der Waals surface area contributed by atoms with Gasteiger partial charge in [0.15, 0.2) is 5.78 Å². The maximum Gasteiger partial charge on any atom is 0.407 e. The Morgan fingerprint density at radius 3 is 2.45 bits per heavy atom. The van der Waals surface area contributed by atoms with E-state index in [-0.39, 0.29) is 32.5 Å². The number of rotatable bonds is 4. The number of esters is 1. The molecule has 0 aromatic carbocycles. The lowest BCUT2D eigenvalue weighted by Crippen LogP contribution is -2.42. The highest BCUT2D eigenvalue weighted by Crippen LogP contribution is 2.33. The number of aliphatic carboxylic acids is 1. The molecule has 112 valence electrons. The van der Waals surface area contributed by atoms with E-state index in [2.05, 4.69) is 0 Å². The van der Waals surface area contributed by atoms with E-state index in [0.717, 1.165) is 4.90 Å². The van der Waals surface area contributed by atoms with Crippen molar-refractivity contribution in [2.45, 2.75) is 26.2 Å². The molecule has 0 saturated carbocycles. The number of nitrogens with zero attached hydrogens (tertiary/aromatic N) is 1. The Kier molecular flexibility index (Phi) is 5.06. The molecule has 1 aliphatic rings. The zero-order chi connectivity index (χ0) is 15.3. The van der Waals surface area contributed by atoms with Crippen molar-refractivity contribution in [1.29, 1.82) is 0 Å². The van der Waals surface area contributed by atoms with Crippen LogP contribution in [0.4, 0.5) is 4.79 Å². The lowest BCUT2D eigenvalue weighted by atomic mass is 9.76. The number of ether oxygens (including phenoxy) is 1. The standard InChI is InChI=1S/C12H17NO7/c1-2-20-9(15)7-12(10(16)17)4-6-13(11(18)19)5-3-8(12)14/h2-7H2,1H3,(H,16,17)(H,18,19). The Balaban J connectivity index is 2.98. The van der Waals surface area contributed by atoms with Gasteiger partial charge in [-0.15, -0.1) is 0 Å². The average Bonchev–Trinajstić information content (AvgIpc) is 2.51. The van der Waals surface area contributed by atoms with Crippen molar-refractivity contribution in [2.75, 3.05) is 19.7 Å². The normalized spacial score (nSPS) is 23.1. The van der Waals surface area contributed by atoms with E-state index < -0.39 is 35.7 Å². The van der Waals surface area contributed by atoms with Crippen LogP contribution in [-0.2, 0) is 19.1 Å². The van der Waals surface area contributed by atoms with Gasteiger partial charge in [-0.1, -0.05) is 0 Å². The van der Waals surface area contributed by atoms with Gasteiger partial charge in [-0.2, -0.15) is 0 Å². The first-order chi connectivity index (χ1) is 9.33. The molecule has 0 aromatic heterocycles. The SMILES string of the molecule is CCOC(=O)CC1(C(=O)O)CCN(C(=O)O)CCC1=O. The summed E-state index contributed by atoms with van der Waals surface area (Å²) in [6.45, 7) is 1.50. The zero-order valence-electron chi connectivity index (χ0n) is 11.1. The first kappa shape index (κ1) is 15.9. The van der Waals surface area contributed by atoms with Crippen LogP contribution in [0.25, 0.3) is 0 Å². The smallest absolute Gasteiger partial charge is 0.407 e. The summed E-state index contributed by atoms with van der Waals surface area (Å²) in [4.78, 5) is 46.9. The third-order valence-electron chi connectivity index (χ3n) is 3.38. The van der Waals surface area contributed by atoms with Crippen molar-refractivity contribution >= 4 is 23.8 Å². The Hall–Kier alpha value is -2.12. The van der Waals surface area contributed by atoms with Gasteiger partial charge in [-0.05, 0) is 13.3 Å². The second-order valence-electron chi connectivity index (χ2n) is 4.56. The molecule has 1 unspecified atom stereocenters. The summed E-state index contributed by atoms with van der Waals surface area (Å²) in [7, 11) is 0. The fraction of sp³-hybridized carbons (Fsp3) is 0.667. The Morgan fingerprint density at radius 2 is 1.95 bits per heavy atom. The van der Waals surface area contributed by atoms with Crippen molar-refractivity contribution in [3.8, 4) is 0 Å². The molecule has 0 aromatic rings. The predicted octanol–water partition coefficient (Wildman–Crippen LogP) is 0.354. The molecular weight excluding hydrogens is 270 g/mol. The third kappa shape index (κ3) is 3.25. The predicted molar refractivity (Wildman–Crippen MR) is 65.2 cm³/mol. The maximum absolute atomic E-state index is 12.1. The molecule has 8 nitrogen and oxygen atoms in total. The number of carbonyl (C=O) groups excluding carboxylic acids is 2. The minimum Gasteiger partial charge on any atom is -0.480 e. The number of ketones is 1. The average molecular weight is 287 g/mol. The highest BCUT2D eigenvalue weighted by atomic mass is 16.5. The maximum atomic E-state index is 12.1. The van der Waals surface area contributed by atoms with Crippen LogP contribution >= 0.6 is 0 Å². The summed E-state index contributed by atoms with van der Waals surface area (Å²) in [5.74, 6) is -2.82. The molecule has 0 spiro atoms. The van der Waals surface area contributed by atoms with Crippen LogP contribution in [0.2, 0.25) is 0 Å². The van der Waals surface area contributed by atoms with Gasteiger partial charge in [0, 0.05) is 19.5 Å². The van der Waals surface area contributed by atoms with Crippen LogP contribution in [0.15, 0.2) is 0 Å². The van der Waals surface area contributed by atoms with Crippen molar-refractivity contribution in [2.24, 2.45) is 5.41 Å². The highest BCUT2D eigenvalue weighted by molar-refractivity contribution is 6.06. The van der Waals surface area contributed by atoms with E-state index in [1.165, 1.54) is 0 Å². The van der Waals surface area contributed by atoms with Crippen LogP contribution in [0, 0.1) is 5.41 Å². The number of carboxylic acid groups (broad SMARTS) is 2. The second-order valence-corrected chi connectivity index (χ2v) is 4.56. The van der Waals surface area contributed by atoms with Gasteiger partial charge in [-0.3, -0.25) is 14.4 Å². The number of hydrogen-bond acceptors (Lipinski definition) is 5. The lowest BCUT2D eigenvalue weighted by molar-refractivity contribution is -0.163. The molecule has 1 rings (SSSR count). The number of Topliss-reactive ketones (excluding diaryl/α,β-unsaturated/α-hetero) is 1. The van der Waals surface area contributed by atoms with E-state index in [9.17, 15) is 24.3 Å². The topological polar surface area (TPSA) is 121 Å². The molecule has 0 radical (unpaired) electrons. The Bertz CT molecular complexity index is 434. The summed E-state index contributed by atoms with van der Waals surface area (Å²) in [5.41, 5.74) is -1.89. The number of amides is 1. The summed E-state index contributed by atoms with van der Waals surface area (Å²) < 4.78 is 4.70. The summed E-state index contributed by atoms with van der Waals surface area (Å²) in [5, 5.41) is 18.2. The fourth-order valence-electron chi connectivity index (χ4n) is 2.19. The second kappa shape index (κ2) is 6.36. The van der Waals surface area contributed by atoms with E-state index in [1.807, 2.05) is 0 Å². The van der Waals surface area contributed by atoms with Crippen molar-refractivity contribution < 1.29 is 34.1 Å². The number of hydrogen-bond donors (Lipinski definition) is 2. The molecule has 1 fully saturated rings. The molecule has 1 amide bonds. The highest BCUT2D eigenvalue weighted by Gasteiger charge is 2.49. The zero-order valence-corrected chi connectivity index (χ0v) is 11.1. The number of carbonyl (C=O) groups is 4. The molecule has 1 atom stereocenters.